The number of hydrogen-bond acceptors (Lipinski definition) is 3. The van der Waals surface area contributed by atoms with E-state index in [4.69, 9.17) is 5.26 Å². The Labute approximate surface area is 109 Å². The summed E-state index contributed by atoms with van der Waals surface area (Å²) in [4.78, 5) is 0. The minimum atomic E-state index is -3.42. The van der Waals surface area contributed by atoms with E-state index >= 15 is 0 Å². The van der Waals surface area contributed by atoms with E-state index < -0.39 is 15.6 Å². The highest BCUT2D eigenvalue weighted by atomic mass is 32.2. The fourth-order valence-corrected chi connectivity index (χ4v) is 3.00. The molecule has 4 nitrogen and oxygen atoms in total. The molecule has 0 aromatic heterocycles. The van der Waals surface area contributed by atoms with Crippen LogP contribution in [-0.4, -0.2) is 24.0 Å². The van der Waals surface area contributed by atoms with Crippen molar-refractivity contribution in [2.75, 3.05) is 5.75 Å². The van der Waals surface area contributed by atoms with Crippen molar-refractivity contribution in [2.45, 2.75) is 32.9 Å². The Kier molecular flexibility index (Phi) is 4.49. The van der Waals surface area contributed by atoms with Gasteiger partial charge in [-0.2, -0.15) is 9.57 Å². The molecular formula is C13H18N2O2S. The standard InChI is InChI=1S/C13H18N2O2S/c1-4-18(16,17)15(13(2,3)11-14)10-12-8-6-5-7-9-12/h5-9H,4,10H2,1-3H3. The quantitative estimate of drug-likeness (QED) is 0.820. The molecule has 0 N–H and O–H groups in total. The Morgan fingerprint density at radius 2 is 1.83 bits per heavy atom. The van der Waals surface area contributed by atoms with Gasteiger partial charge < -0.3 is 0 Å². The lowest BCUT2D eigenvalue weighted by Crippen LogP contribution is -2.46. The van der Waals surface area contributed by atoms with Gasteiger partial charge in [0.1, 0.15) is 5.54 Å². The molecule has 0 amide bonds. The van der Waals surface area contributed by atoms with E-state index in [9.17, 15) is 8.42 Å². The van der Waals surface area contributed by atoms with Gasteiger partial charge in [-0.25, -0.2) is 8.42 Å². The van der Waals surface area contributed by atoms with Crippen LogP contribution in [-0.2, 0) is 16.6 Å². The van der Waals surface area contributed by atoms with E-state index in [1.54, 1.807) is 20.8 Å². The van der Waals surface area contributed by atoms with Gasteiger partial charge in [-0.15, -0.1) is 0 Å². The molecule has 0 radical (unpaired) electrons. The zero-order valence-corrected chi connectivity index (χ0v) is 11.7. The summed E-state index contributed by atoms with van der Waals surface area (Å²) in [5.41, 5.74) is -0.178. The Morgan fingerprint density at radius 1 is 1.28 bits per heavy atom. The molecule has 1 aromatic rings. The molecule has 1 rings (SSSR count). The molecule has 0 fully saturated rings. The number of hydrogen-bond donors (Lipinski definition) is 0. The lowest BCUT2D eigenvalue weighted by Gasteiger charge is -2.31. The third kappa shape index (κ3) is 3.31. The fourth-order valence-electron chi connectivity index (χ4n) is 1.60. The number of nitrogens with zero attached hydrogens (tertiary/aromatic N) is 2. The predicted molar refractivity (Wildman–Crippen MR) is 71.1 cm³/mol. The van der Waals surface area contributed by atoms with Crippen molar-refractivity contribution < 1.29 is 8.42 Å². The Balaban J connectivity index is 3.13. The first-order chi connectivity index (χ1) is 8.33. The van der Waals surface area contributed by atoms with Gasteiger partial charge in [0.05, 0.1) is 11.8 Å². The molecule has 5 heteroatoms. The van der Waals surface area contributed by atoms with E-state index in [-0.39, 0.29) is 12.3 Å². The number of nitriles is 1. The van der Waals surface area contributed by atoms with Crippen molar-refractivity contribution in [1.29, 1.82) is 5.26 Å². The Bertz CT molecular complexity index is 530. The van der Waals surface area contributed by atoms with E-state index in [0.29, 0.717) is 0 Å². The van der Waals surface area contributed by atoms with Gasteiger partial charge in [-0.3, -0.25) is 0 Å². The van der Waals surface area contributed by atoms with Gasteiger partial charge in [0.15, 0.2) is 0 Å². The molecule has 18 heavy (non-hydrogen) atoms. The lowest BCUT2D eigenvalue weighted by molar-refractivity contribution is 0.282. The van der Waals surface area contributed by atoms with E-state index in [0.717, 1.165) is 5.56 Å². The zero-order valence-electron chi connectivity index (χ0n) is 10.9. The van der Waals surface area contributed by atoms with Gasteiger partial charge in [0, 0.05) is 6.54 Å². The third-order valence-electron chi connectivity index (χ3n) is 2.77. The zero-order chi connectivity index (χ0) is 13.8. The molecule has 0 aliphatic heterocycles. The van der Waals surface area contributed by atoms with Crippen LogP contribution in [0.1, 0.15) is 26.3 Å². The first-order valence-corrected chi connectivity index (χ1v) is 7.40. The molecule has 0 bridgehead atoms. The summed E-state index contributed by atoms with van der Waals surface area (Å²) in [6, 6.07) is 11.3. The molecule has 98 valence electrons. The summed E-state index contributed by atoms with van der Waals surface area (Å²) >= 11 is 0. The Morgan fingerprint density at radius 3 is 2.28 bits per heavy atom. The van der Waals surface area contributed by atoms with Crippen molar-refractivity contribution in [3.8, 4) is 6.07 Å². The SMILES string of the molecule is CCS(=O)(=O)N(Cc1ccccc1)C(C)(C)C#N. The Hall–Kier alpha value is -1.38. The van der Waals surface area contributed by atoms with Crippen LogP contribution < -0.4 is 0 Å². The summed E-state index contributed by atoms with van der Waals surface area (Å²) in [6.07, 6.45) is 0. The molecule has 0 aliphatic carbocycles. The summed E-state index contributed by atoms with van der Waals surface area (Å²) in [7, 11) is -3.42. The van der Waals surface area contributed by atoms with Crippen LogP contribution in [0.15, 0.2) is 30.3 Å². The number of benzene rings is 1. The van der Waals surface area contributed by atoms with Crippen LogP contribution >= 0.6 is 0 Å². The van der Waals surface area contributed by atoms with Gasteiger partial charge in [-0.05, 0) is 26.3 Å². The summed E-state index contributed by atoms with van der Waals surface area (Å²) in [5, 5.41) is 9.15. The maximum absolute atomic E-state index is 12.1. The molecule has 1 aromatic carbocycles. The molecule has 0 saturated heterocycles. The van der Waals surface area contributed by atoms with Crippen LogP contribution in [0.5, 0.6) is 0 Å². The van der Waals surface area contributed by atoms with Gasteiger partial charge in [-0.1, -0.05) is 30.3 Å². The summed E-state index contributed by atoms with van der Waals surface area (Å²) in [5.74, 6) is -0.00898. The monoisotopic (exact) mass is 266 g/mol. The minimum absolute atomic E-state index is 0.00898. The second-order valence-electron chi connectivity index (χ2n) is 4.56. The number of rotatable bonds is 5. The highest BCUT2D eigenvalue weighted by Crippen LogP contribution is 2.21. The normalized spacial score (nSPS) is 12.4. The predicted octanol–water partition coefficient (Wildman–Crippen LogP) is 2.14. The average molecular weight is 266 g/mol. The first kappa shape index (κ1) is 14.7. The van der Waals surface area contributed by atoms with E-state index in [2.05, 4.69) is 0 Å². The van der Waals surface area contributed by atoms with Gasteiger partial charge in [0.25, 0.3) is 0 Å². The highest BCUT2D eigenvalue weighted by Gasteiger charge is 2.35. The maximum atomic E-state index is 12.1. The average Bonchev–Trinajstić information content (AvgIpc) is 2.37. The van der Waals surface area contributed by atoms with Crippen molar-refractivity contribution in [1.82, 2.24) is 4.31 Å². The van der Waals surface area contributed by atoms with Gasteiger partial charge >= 0.3 is 0 Å². The van der Waals surface area contributed by atoms with Crippen LogP contribution in [0.2, 0.25) is 0 Å². The minimum Gasteiger partial charge on any atom is -0.212 e. The molecule has 0 heterocycles. The molecule has 0 saturated carbocycles. The maximum Gasteiger partial charge on any atom is 0.215 e. The summed E-state index contributed by atoms with van der Waals surface area (Å²) < 4.78 is 25.4. The largest absolute Gasteiger partial charge is 0.215 e. The van der Waals surface area contributed by atoms with Crippen LogP contribution in [0.4, 0.5) is 0 Å². The smallest absolute Gasteiger partial charge is 0.212 e. The number of sulfonamides is 1. The summed E-state index contributed by atoms with van der Waals surface area (Å²) in [6.45, 7) is 5.03. The van der Waals surface area contributed by atoms with Crippen molar-refractivity contribution in [3.63, 3.8) is 0 Å². The fraction of sp³-hybridized carbons (Fsp3) is 0.462. The van der Waals surface area contributed by atoms with Gasteiger partial charge in [0.2, 0.25) is 10.0 Å². The van der Waals surface area contributed by atoms with Crippen LogP contribution in [0.25, 0.3) is 0 Å². The van der Waals surface area contributed by atoms with Crippen LogP contribution in [0.3, 0.4) is 0 Å². The van der Waals surface area contributed by atoms with Crippen molar-refractivity contribution in [3.05, 3.63) is 35.9 Å². The first-order valence-electron chi connectivity index (χ1n) is 5.79. The second-order valence-corrected chi connectivity index (χ2v) is 6.75. The molecule has 0 spiro atoms. The third-order valence-corrected chi connectivity index (χ3v) is 4.75. The molecular weight excluding hydrogens is 248 g/mol. The molecule has 0 unspecified atom stereocenters. The van der Waals surface area contributed by atoms with E-state index in [1.807, 2.05) is 36.4 Å². The van der Waals surface area contributed by atoms with Crippen molar-refractivity contribution in [2.24, 2.45) is 0 Å². The molecule has 0 aliphatic rings. The highest BCUT2D eigenvalue weighted by molar-refractivity contribution is 7.89. The van der Waals surface area contributed by atoms with Crippen LogP contribution in [0, 0.1) is 11.3 Å². The van der Waals surface area contributed by atoms with Crippen molar-refractivity contribution >= 4 is 10.0 Å². The molecule has 0 atom stereocenters. The lowest BCUT2D eigenvalue weighted by atomic mass is 10.1. The van der Waals surface area contributed by atoms with E-state index in [1.165, 1.54) is 4.31 Å². The second kappa shape index (κ2) is 5.51. The topological polar surface area (TPSA) is 61.2 Å².